The molecule has 15 heavy (non-hydrogen) atoms. The first-order valence-corrected chi connectivity index (χ1v) is 4.77. The molecule has 88 valence electrons. The minimum atomic E-state index is -0.833. The molecule has 0 aromatic heterocycles. The number of carbonyl (C=O) groups excluding carboxylic acids is 1. The summed E-state index contributed by atoms with van der Waals surface area (Å²) < 4.78 is 0. The molecule has 0 amide bonds. The van der Waals surface area contributed by atoms with E-state index in [4.69, 9.17) is 19.8 Å². The smallest absolute Gasteiger partial charge is 0.300 e. The molecule has 5 nitrogen and oxygen atoms in total. The molecular formula is C10H18O5. The molecule has 0 bridgehead atoms. The van der Waals surface area contributed by atoms with E-state index in [0.717, 1.165) is 39.5 Å². The monoisotopic (exact) mass is 218 g/mol. The van der Waals surface area contributed by atoms with Crippen LogP contribution in [0.25, 0.3) is 0 Å². The lowest BCUT2D eigenvalue weighted by Gasteiger charge is -2.05. The van der Waals surface area contributed by atoms with Crippen LogP contribution in [0.4, 0.5) is 0 Å². The van der Waals surface area contributed by atoms with Crippen molar-refractivity contribution in [2.45, 2.75) is 46.0 Å². The van der Waals surface area contributed by atoms with E-state index in [2.05, 4.69) is 0 Å². The molecule has 0 atom stereocenters. The Labute approximate surface area is 89.1 Å². The van der Waals surface area contributed by atoms with Gasteiger partial charge in [0.05, 0.1) is 0 Å². The van der Waals surface area contributed by atoms with Crippen molar-refractivity contribution >= 4 is 17.7 Å². The van der Waals surface area contributed by atoms with Crippen LogP contribution in [0, 0.1) is 0 Å². The van der Waals surface area contributed by atoms with Crippen LogP contribution in [0.15, 0.2) is 0 Å². The zero-order valence-electron chi connectivity index (χ0n) is 9.15. The number of carboxylic acids is 2. The quantitative estimate of drug-likeness (QED) is 0.645. The summed E-state index contributed by atoms with van der Waals surface area (Å²) in [7, 11) is 0. The van der Waals surface area contributed by atoms with Gasteiger partial charge < -0.3 is 10.2 Å². The van der Waals surface area contributed by atoms with Crippen LogP contribution in [0.2, 0.25) is 0 Å². The van der Waals surface area contributed by atoms with Crippen molar-refractivity contribution in [3.8, 4) is 0 Å². The second-order valence-corrected chi connectivity index (χ2v) is 3.14. The average molecular weight is 218 g/mol. The van der Waals surface area contributed by atoms with Gasteiger partial charge in [-0.1, -0.05) is 6.42 Å². The fraction of sp³-hybridized carbons (Fsp3) is 0.700. The molecule has 2 N–H and O–H groups in total. The van der Waals surface area contributed by atoms with Crippen molar-refractivity contribution in [2.75, 3.05) is 0 Å². The van der Waals surface area contributed by atoms with Crippen LogP contribution in [-0.2, 0) is 14.4 Å². The molecule has 0 saturated heterocycles. The zero-order valence-corrected chi connectivity index (χ0v) is 9.15. The normalized spacial score (nSPS) is 13.9. The molecule has 0 spiro atoms. The Morgan fingerprint density at radius 1 is 0.933 bits per heavy atom. The van der Waals surface area contributed by atoms with Crippen molar-refractivity contribution in [1.82, 2.24) is 0 Å². The van der Waals surface area contributed by atoms with Gasteiger partial charge in [-0.3, -0.25) is 14.4 Å². The van der Waals surface area contributed by atoms with Crippen LogP contribution in [-0.4, -0.2) is 27.9 Å². The maximum absolute atomic E-state index is 10.5. The van der Waals surface area contributed by atoms with Gasteiger partial charge in [-0.25, -0.2) is 0 Å². The van der Waals surface area contributed by atoms with Crippen LogP contribution < -0.4 is 0 Å². The molecule has 0 aliphatic heterocycles. The summed E-state index contributed by atoms with van der Waals surface area (Å²) in [6.45, 7) is 2.17. The predicted octanol–water partition coefficient (Wildman–Crippen LogP) is 1.70. The van der Waals surface area contributed by atoms with E-state index in [0.29, 0.717) is 5.78 Å². The van der Waals surface area contributed by atoms with Gasteiger partial charge in [0, 0.05) is 26.7 Å². The fourth-order valence-corrected chi connectivity index (χ4v) is 0.946. The van der Waals surface area contributed by atoms with Crippen molar-refractivity contribution < 1.29 is 24.6 Å². The van der Waals surface area contributed by atoms with Crippen LogP contribution in [0.5, 0.6) is 0 Å². The first-order chi connectivity index (χ1) is 6.86. The Morgan fingerprint density at radius 2 is 1.20 bits per heavy atom. The Bertz CT molecular complexity index is 182. The molecule has 0 heterocycles. The van der Waals surface area contributed by atoms with Gasteiger partial charge in [-0.15, -0.1) is 0 Å². The van der Waals surface area contributed by atoms with E-state index in [1.54, 1.807) is 0 Å². The molecule has 0 unspecified atom stereocenters. The number of hydrogen-bond donors (Lipinski definition) is 2. The van der Waals surface area contributed by atoms with Gasteiger partial charge >= 0.3 is 0 Å². The number of ketones is 1. The lowest BCUT2D eigenvalue weighted by molar-refractivity contribution is -0.135. The second kappa shape index (κ2) is 10.7. The van der Waals surface area contributed by atoms with Crippen molar-refractivity contribution in [3.05, 3.63) is 0 Å². The van der Waals surface area contributed by atoms with Gasteiger partial charge in [0.2, 0.25) is 0 Å². The standard InChI is InChI=1S/C6H10O.2C2H4O2/c7-6-4-2-1-3-5-6;2*1-2(3)4/h1-5H2;2*1H3,(H,3,4). The number of hydrogen-bond acceptors (Lipinski definition) is 3. The highest BCUT2D eigenvalue weighted by molar-refractivity contribution is 5.78. The average Bonchev–Trinajstić information content (AvgIpc) is 2.03. The maximum Gasteiger partial charge on any atom is 0.300 e. The minimum Gasteiger partial charge on any atom is -0.481 e. The van der Waals surface area contributed by atoms with E-state index in [9.17, 15) is 4.79 Å². The van der Waals surface area contributed by atoms with Gasteiger partial charge in [0.25, 0.3) is 11.9 Å². The number of carboxylic acid groups (broad SMARTS) is 2. The van der Waals surface area contributed by atoms with Gasteiger partial charge in [-0.2, -0.15) is 0 Å². The largest absolute Gasteiger partial charge is 0.481 e. The van der Waals surface area contributed by atoms with E-state index in [1.165, 1.54) is 6.42 Å². The van der Waals surface area contributed by atoms with Crippen molar-refractivity contribution in [2.24, 2.45) is 0 Å². The third kappa shape index (κ3) is 32.5. The SMILES string of the molecule is CC(=O)O.CC(=O)O.O=C1CCCCC1. The molecule has 1 fully saturated rings. The molecule has 5 heteroatoms. The van der Waals surface area contributed by atoms with Crippen molar-refractivity contribution in [3.63, 3.8) is 0 Å². The maximum atomic E-state index is 10.5. The van der Waals surface area contributed by atoms with Gasteiger partial charge in [0.1, 0.15) is 5.78 Å². The minimum absolute atomic E-state index is 0.464. The van der Waals surface area contributed by atoms with Gasteiger partial charge in [-0.05, 0) is 12.8 Å². The Hall–Kier alpha value is -1.39. The molecule has 0 aromatic rings. The predicted molar refractivity (Wildman–Crippen MR) is 54.7 cm³/mol. The molecule has 1 saturated carbocycles. The highest BCUT2D eigenvalue weighted by Crippen LogP contribution is 2.12. The summed E-state index contributed by atoms with van der Waals surface area (Å²) in [5, 5.41) is 14.8. The van der Waals surface area contributed by atoms with Crippen LogP contribution in [0.3, 0.4) is 0 Å². The van der Waals surface area contributed by atoms with Crippen LogP contribution >= 0.6 is 0 Å². The van der Waals surface area contributed by atoms with Crippen LogP contribution in [0.1, 0.15) is 46.0 Å². The fourth-order valence-electron chi connectivity index (χ4n) is 0.946. The van der Waals surface area contributed by atoms with E-state index < -0.39 is 11.9 Å². The first kappa shape index (κ1) is 16.1. The van der Waals surface area contributed by atoms with Crippen molar-refractivity contribution in [1.29, 1.82) is 0 Å². The number of Topliss-reactive ketones (excluding diaryl/α,β-unsaturated/α-hetero) is 1. The molecule has 0 radical (unpaired) electrons. The summed E-state index contributed by atoms with van der Waals surface area (Å²) in [4.78, 5) is 28.5. The number of rotatable bonds is 0. The van der Waals surface area contributed by atoms with Gasteiger partial charge in [0.15, 0.2) is 0 Å². The summed E-state index contributed by atoms with van der Waals surface area (Å²) in [5.41, 5.74) is 0. The first-order valence-electron chi connectivity index (χ1n) is 4.77. The Morgan fingerprint density at radius 3 is 1.33 bits per heavy atom. The highest BCUT2D eigenvalue weighted by atomic mass is 16.4. The second-order valence-electron chi connectivity index (χ2n) is 3.14. The molecule has 1 aliphatic carbocycles. The Kier molecular flexibility index (Phi) is 11.4. The summed E-state index contributed by atoms with van der Waals surface area (Å²) in [5.74, 6) is -1.20. The van der Waals surface area contributed by atoms with E-state index in [1.807, 2.05) is 0 Å². The topological polar surface area (TPSA) is 91.7 Å². The van der Waals surface area contributed by atoms with E-state index >= 15 is 0 Å². The third-order valence-electron chi connectivity index (χ3n) is 1.41. The third-order valence-corrected chi connectivity index (χ3v) is 1.41. The Balaban J connectivity index is 0. The van der Waals surface area contributed by atoms with E-state index in [-0.39, 0.29) is 0 Å². The highest BCUT2D eigenvalue weighted by Gasteiger charge is 2.05. The lowest BCUT2D eigenvalue weighted by Crippen LogP contribution is -2.02. The summed E-state index contributed by atoms with van der Waals surface area (Å²) in [6, 6.07) is 0. The number of aliphatic carboxylic acids is 2. The summed E-state index contributed by atoms with van der Waals surface area (Å²) in [6.07, 6.45) is 5.24. The molecule has 1 rings (SSSR count). The molecule has 0 aromatic carbocycles. The molecular weight excluding hydrogens is 200 g/mol. The zero-order chi connectivity index (χ0) is 12.3. The molecule has 1 aliphatic rings. The lowest BCUT2D eigenvalue weighted by atomic mass is 10.00. The summed E-state index contributed by atoms with van der Waals surface area (Å²) >= 11 is 0. The number of carbonyl (C=O) groups is 3.